The summed E-state index contributed by atoms with van der Waals surface area (Å²) in [5.41, 5.74) is 6.37. The molecule has 0 saturated carbocycles. The summed E-state index contributed by atoms with van der Waals surface area (Å²) in [7, 11) is 2.00. The van der Waals surface area contributed by atoms with Crippen LogP contribution in [0.25, 0.3) is 11.0 Å². The minimum Gasteiger partial charge on any atom is -0.368 e. The van der Waals surface area contributed by atoms with Crippen LogP contribution in [0.3, 0.4) is 0 Å². The van der Waals surface area contributed by atoms with Crippen LogP contribution in [-0.2, 0) is 26.7 Å². The number of anilines is 1. The Morgan fingerprint density at radius 3 is 2.53 bits per heavy atom. The van der Waals surface area contributed by atoms with Crippen molar-refractivity contribution >= 4 is 34.2 Å². The summed E-state index contributed by atoms with van der Waals surface area (Å²) >= 11 is 6.41. The van der Waals surface area contributed by atoms with Gasteiger partial charge in [0.15, 0.2) is 0 Å². The van der Waals surface area contributed by atoms with Gasteiger partial charge in [0, 0.05) is 58.6 Å². The Hall–Kier alpha value is -3.29. The lowest BCUT2D eigenvalue weighted by molar-refractivity contribution is 0.0699. The number of piperazine rings is 1. The zero-order valence-electron chi connectivity index (χ0n) is 20.8. The number of nitrogens with zero attached hydrogens (tertiary/aromatic N) is 6. The van der Waals surface area contributed by atoms with Crippen molar-refractivity contribution in [2.24, 2.45) is 7.05 Å². The van der Waals surface area contributed by atoms with E-state index in [1.165, 1.54) is 5.56 Å². The van der Waals surface area contributed by atoms with E-state index in [9.17, 15) is 4.79 Å². The number of aromatic nitrogens is 3. The van der Waals surface area contributed by atoms with Crippen LogP contribution in [0.15, 0.2) is 54.6 Å². The number of hydrogen-bond acceptors (Lipinski definition) is 4. The second-order valence-electron chi connectivity index (χ2n) is 9.81. The minimum absolute atomic E-state index is 0.0775. The molecule has 4 aromatic rings. The van der Waals surface area contributed by atoms with E-state index >= 15 is 0 Å². The molecule has 7 nitrogen and oxygen atoms in total. The molecule has 6 rings (SSSR count). The summed E-state index contributed by atoms with van der Waals surface area (Å²) in [6.07, 6.45) is 0. The highest BCUT2D eigenvalue weighted by atomic mass is 35.5. The minimum atomic E-state index is 0.0775. The molecular weight excluding hydrogens is 472 g/mol. The van der Waals surface area contributed by atoms with E-state index in [0.29, 0.717) is 13.1 Å². The van der Waals surface area contributed by atoms with Gasteiger partial charge in [-0.1, -0.05) is 35.9 Å². The fourth-order valence-corrected chi connectivity index (χ4v) is 5.78. The topological polar surface area (TPSA) is 49.5 Å². The van der Waals surface area contributed by atoms with E-state index < -0.39 is 0 Å². The van der Waals surface area contributed by atoms with Gasteiger partial charge in [0.2, 0.25) is 0 Å². The first kappa shape index (κ1) is 23.1. The maximum Gasteiger partial charge on any atom is 0.270 e. The molecule has 0 atom stereocenters. The number of halogens is 1. The van der Waals surface area contributed by atoms with E-state index in [0.717, 1.165) is 78.2 Å². The zero-order valence-corrected chi connectivity index (χ0v) is 21.6. The van der Waals surface area contributed by atoms with Gasteiger partial charge in [-0.25, -0.2) is 4.98 Å². The molecule has 2 aliphatic rings. The molecule has 1 fully saturated rings. The van der Waals surface area contributed by atoms with E-state index in [1.807, 2.05) is 48.3 Å². The van der Waals surface area contributed by atoms with Crippen LogP contribution in [0.5, 0.6) is 0 Å². The van der Waals surface area contributed by atoms with E-state index in [1.54, 1.807) is 0 Å². The van der Waals surface area contributed by atoms with E-state index in [2.05, 4.69) is 44.1 Å². The van der Waals surface area contributed by atoms with Gasteiger partial charge >= 0.3 is 0 Å². The molecule has 2 aliphatic heterocycles. The van der Waals surface area contributed by atoms with Crippen LogP contribution in [0.4, 0.5) is 5.69 Å². The number of imidazole rings is 1. The van der Waals surface area contributed by atoms with Crippen molar-refractivity contribution in [2.45, 2.75) is 26.6 Å². The third kappa shape index (κ3) is 4.06. The highest BCUT2D eigenvalue weighted by Gasteiger charge is 2.28. The van der Waals surface area contributed by atoms with Crippen LogP contribution in [0.1, 0.15) is 27.6 Å². The molecule has 2 aromatic heterocycles. The van der Waals surface area contributed by atoms with Crippen molar-refractivity contribution in [2.75, 3.05) is 37.6 Å². The molecule has 0 N–H and O–H groups in total. The number of amides is 1. The second kappa shape index (κ2) is 9.30. The molecule has 36 heavy (non-hydrogen) atoms. The molecule has 0 radical (unpaired) electrons. The van der Waals surface area contributed by atoms with E-state index in [4.69, 9.17) is 16.6 Å². The van der Waals surface area contributed by atoms with Gasteiger partial charge in [-0.15, -0.1) is 0 Å². The molecule has 0 unspecified atom stereocenters. The van der Waals surface area contributed by atoms with Gasteiger partial charge in [0.05, 0.1) is 28.3 Å². The molecule has 0 aliphatic carbocycles. The normalized spacial score (nSPS) is 16.5. The number of rotatable bonds is 4. The number of benzene rings is 2. The van der Waals surface area contributed by atoms with Crippen molar-refractivity contribution in [1.82, 2.24) is 23.9 Å². The Morgan fingerprint density at radius 2 is 1.72 bits per heavy atom. The summed E-state index contributed by atoms with van der Waals surface area (Å²) in [6, 6.07) is 18.3. The van der Waals surface area contributed by atoms with Crippen molar-refractivity contribution in [3.8, 4) is 0 Å². The third-order valence-electron chi connectivity index (χ3n) is 7.77. The Morgan fingerprint density at radius 1 is 0.972 bits per heavy atom. The smallest absolute Gasteiger partial charge is 0.270 e. The molecule has 4 heterocycles. The monoisotopic (exact) mass is 502 g/mol. The quantitative estimate of drug-likeness (QED) is 0.417. The lowest BCUT2D eigenvalue weighted by Crippen LogP contribution is -2.46. The maximum atomic E-state index is 13.6. The van der Waals surface area contributed by atoms with Crippen molar-refractivity contribution < 1.29 is 4.79 Å². The SMILES string of the molecule is Cc1c(CN2CCN(c3ccccc3Cl)CC2)cc(C(=O)N2CCn3c(nc4ccccc43)C2)n1C. The van der Waals surface area contributed by atoms with Gasteiger partial charge in [-0.3, -0.25) is 9.69 Å². The Bertz CT molecular complexity index is 1430. The number of carbonyl (C=O) groups excluding carboxylic acids is 1. The zero-order chi connectivity index (χ0) is 24.8. The van der Waals surface area contributed by atoms with E-state index in [-0.39, 0.29) is 5.91 Å². The van der Waals surface area contributed by atoms with Crippen LogP contribution >= 0.6 is 11.6 Å². The Balaban J connectivity index is 1.14. The Kier molecular flexibility index (Phi) is 5.97. The van der Waals surface area contributed by atoms with Crippen molar-refractivity contribution in [3.63, 3.8) is 0 Å². The van der Waals surface area contributed by atoms with Gasteiger partial charge in [0.25, 0.3) is 5.91 Å². The van der Waals surface area contributed by atoms with Gasteiger partial charge in [-0.05, 0) is 42.8 Å². The molecule has 8 heteroatoms. The third-order valence-corrected chi connectivity index (χ3v) is 8.08. The number of hydrogen-bond donors (Lipinski definition) is 0. The van der Waals surface area contributed by atoms with Gasteiger partial charge < -0.3 is 18.9 Å². The number of fused-ring (bicyclic) bond motifs is 3. The highest BCUT2D eigenvalue weighted by molar-refractivity contribution is 6.33. The molecule has 1 amide bonds. The van der Waals surface area contributed by atoms with Crippen LogP contribution < -0.4 is 4.90 Å². The summed E-state index contributed by atoms with van der Waals surface area (Å²) in [4.78, 5) is 25.1. The molecule has 0 bridgehead atoms. The molecular formula is C28H31ClN6O. The fraction of sp³-hybridized carbons (Fsp3) is 0.357. The van der Waals surface area contributed by atoms with Gasteiger partial charge in [-0.2, -0.15) is 0 Å². The average molecular weight is 503 g/mol. The maximum absolute atomic E-state index is 13.6. The molecule has 1 saturated heterocycles. The lowest BCUT2D eigenvalue weighted by atomic mass is 10.2. The first-order valence-corrected chi connectivity index (χ1v) is 13.0. The summed E-state index contributed by atoms with van der Waals surface area (Å²) < 4.78 is 4.29. The molecule has 0 spiro atoms. The fourth-order valence-electron chi connectivity index (χ4n) is 5.53. The predicted molar refractivity (Wildman–Crippen MR) is 144 cm³/mol. The molecule has 186 valence electrons. The Labute approximate surface area is 216 Å². The predicted octanol–water partition coefficient (Wildman–Crippen LogP) is 4.31. The second-order valence-corrected chi connectivity index (χ2v) is 10.2. The first-order valence-electron chi connectivity index (χ1n) is 12.6. The van der Waals surface area contributed by atoms with Crippen molar-refractivity contribution in [3.05, 3.63) is 82.4 Å². The van der Waals surface area contributed by atoms with Crippen molar-refractivity contribution in [1.29, 1.82) is 0 Å². The number of para-hydroxylation sites is 3. The van der Waals surface area contributed by atoms with Gasteiger partial charge in [0.1, 0.15) is 11.5 Å². The average Bonchev–Trinajstić information content (AvgIpc) is 3.41. The van der Waals surface area contributed by atoms with Crippen LogP contribution in [0, 0.1) is 6.92 Å². The standard InChI is InChI=1S/C28H31ClN6O/c1-20-21(18-32-11-13-33(14-12-32)24-9-5-3-7-22(24)29)17-26(31(20)2)28(36)34-15-16-35-25-10-6-4-8-23(25)30-27(35)19-34/h3-10,17H,11-16,18-19H2,1-2H3. The highest BCUT2D eigenvalue weighted by Crippen LogP contribution is 2.27. The van der Waals surface area contributed by atoms with Crippen LogP contribution in [0.2, 0.25) is 5.02 Å². The summed E-state index contributed by atoms with van der Waals surface area (Å²) in [5.74, 6) is 1.03. The first-order chi connectivity index (χ1) is 17.5. The summed E-state index contributed by atoms with van der Waals surface area (Å²) in [6.45, 7) is 8.77. The van der Waals surface area contributed by atoms with Crippen LogP contribution in [-0.4, -0.2) is 62.5 Å². The lowest BCUT2D eigenvalue weighted by Gasteiger charge is -2.36. The summed E-state index contributed by atoms with van der Waals surface area (Å²) in [5, 5.41) is 0.807. The molecule has 2 aromatic carbocycles. The largest absolute Gasteiger partial charge is 0.368 e. The number of carbonyl (C=O) groups is 1.